The van der Waals surface area contributed by atoms with Crippen LogP contribution in [-0.2, 0) is 19.6 Å². The first-order valence-electron chi connectivity index (χ1n) is 9.06. The van der Waals surface area contributed by atoms with E-state index in [4.69, 9.17) is 0 Å². The Balaban J connectivity index is 0.00000392. The Morgan fingerprint density at radius 3 is 2.46 bits per heavy atom. The smallest absolute Gasteiger partial charge is 0.241 e. The molecular weight excluding hydrogens is 404 g/mol. The van der Waals surface area contributed by atoms with E-state index in [1.54, 1.807) is 11.8 Å². The number of sulfonamides is 1. The lowest BCUT2D eigenvalue weighted by Crippen LogP contribution is -2.50. The molecule has 0 saturated carbocycles. The number of piperidine rings is 1. The molecule has 2 unspecified atom stereocenters. The van der Waals surface area contributed by atoms with E-state index in [9.17, 15) is 18.0 Å². The Labute approximate surface area is 172 Å². The number of benzene rings is 1. The van der Waals surface area contributed by atoms with Crippen LogP contribution in [0.4, 0.5) is 5.69 Å². The van der Waals surface area contributed by atoms with Crippen molar-refractivity contribution < 1.29 is 18.0 Å². The topological polar surface area (TPSA) is 108 Å². The van der Waals surface area contributed by atoms with E-state index in [-0.39, 0.29) is 29.1 Å². The highest BCUT2D eigenvalue weighted by Gasteiger charge is 2.29. The molecule has 0 aliphatic carbocycles. The normalized spacial score (nSPS) is 18.1. The van der Waals surface area contributed by atoms with Crippen molar-refractivity contribution in [1.29, 1.82) is 0 Å². The number of carbonyl (C=O) groups excluding carboxylic acids is 2. The zero-order chi connectivity index (χ0) is 20.0. The maximum Gasteiger partial charge on any atom is 0.241 e. The van der Waals surface area contributed by atoms with Gasteiger partial charge in [-0.15, -0.1) is 12.4 Å². The van der Waals surface area contributed by atoms with Gasteiger partial charge in [0.05, 0.1) is 10.9 Å². The van der Waals surface area contributed by atoms with E-state index >= 15 is 0 Å². The highest BCUT2D eigenvalue weighted by molar-refractivity contribution is 7.89. The van der Waals surface area contributed by atoms with Crippen LogP contribution >= 0.6 is 12.4 Å². The van der Waals surface area contributed by atoms with Crippen LogP contribution in [0.25, 0.3) is 0 Å². The van der Waals surface area contributed by atoms with Crippen molar-refractivity contribution in [2.75, 3.05) is 32.0 Å². The molecule has 0 aromatic heterocycles. The van der Waals surface area contributed by atoms with Gasteiger partial charge in [0.2, 0.25) is 21.8 Å². The number of nitrogens with one attached hydrogen (secondary N) is 3. The van der Waals surface area contributed by atoms with Gasteiger partial charge in [0.15, 0.2) is 0 Å². The van der Waals surface area contributed by atoms with Crippen LogP contribution in [0.15, 0.2) is 29.2 Å². The van der Waals surface area contributed by atoms with Crippen LogP contribution in [0.3, 0.4) is 0 Å². The average molecular weight is 433 g/mol. The predicted molar refractivity (Wildman–Crippen MR) is 111 cm³/mol. The second-order valence-electron chi connectivity index (χ2n) is 6.90. The summed E-state index contributed by atoms with van der Waals surface area (Å²) in [4.78, 5) is 25.5. The van der Waals surface area contributed by atoms with E-state index in [2.05, 4.69) is 15.4 Å². The van der Waals surface area contributed by atoms with Crippen LogP contribution < -0.4 is 15.4 Å². The molecule has 1 fully saturated rings. The lowest BCUT2D eigenvalue weighted by Gasteiger charge is -2.34. The molecule has 10 heteroatoms. The van der Waals surface area contributed by atoms with Crippen molar-refractivity contribution in [3.63, 3.8) is 0 Å². The summed E-state index contributed by atoms with van der Waals surface area (Å²) in [6.07, 6.45) is 1.98. The van der Waals surface area contributed by atoms with Gasteiger partial charge in [-0.25, -0.2) is 8.42 Å². The SMILES string of the molecule is CNCC1CCCN(C(=O)C(C)NS(=O)(=O)c2ccc(NC(C)=O)cc2)C1.Cl. The largest absolute Gasteiger partial charge is 0.341 e. The zero-order valence-electron chi connectivity index (χ0n) is 16.4. The number of anilines is 1. The first-order chi connectivity index (χ1) is 12.7. The Kier molecular flexibility index (Phi) is 9.35. The first kappa shape index (κ1) is 24.4. The molecule has 0 radical (unpaired) electrons. The molecule has 1 saturated heterocycles. The molecule has 3 N–H and O–H groups in total. The Morgan fingerprint density at radius 1 is 1.25 bits per heavy atom. The molecule has 1 aliphatic rings. The molecule has 1 aliphatic heterocycles. The van der Waals surface area contributed by atoms with Gasteiger partial charge in [-0.05, 0) is 63.5 Å². The molecule has 2 rings (SSSR count). The monoisotopic (exact) mass is 432 g/mol. The lowest BCUT2D eigenvalue weighted by molar-refractivity contribution is -0.134. The molecule has 2 atom stereocenters. The van der Waals surface area contributed by atoms with E-state index in [0.717, 1.165) is 19.4 Å². The highest BCUT2D eigenvalue weighted by Crippen LogP contribution is 2.18. The van der Waals surface area contributed by atoms with Crippen molar-refractivity contribution in [1.82, 2.24) is 14.9 Å². The fourth-order valence-electron chi connectivity index (χ4n) is 3.27. The average Bonchev–Trinajstić information content (AvgIpc) is 2.61. The maximum absolute atomic E-state index is 12.7. The van der Waals surface area contributed by atoms with Gasteiger partial charge in [0, 0.05) is 25.7 Å². The van der Waals surface area contributed by atoms with Gasteiger partial charge in [-0.1, -0.05) is 0 Å². The van der Waals surface area contributed by atoms with Crippen molar-refractivity contribution in [3.05, 3.63) is 24.3 Å². The van der Waals surface area contributed by atoms with E-state index in [1.807, 2.05) is 7.05 Å². The summed E-state index contributed by atoms with van der Waals surface area (Å²) < 4.78 is 27.6. The molecule has 1 aromatic carbocycles. The summed E-state index contributed by atoms with van der Waals surface area (Å²) in [5.41, 5.74) is 0.509. The van der Waals surface area contributed by atoms with Crippen LogP contribution in [0.2, 0.25) is 0 Å². The summed E-state index contributed by atoms with van der Waals surface area (Å²) in [5, 5.41) is 5.71. The Hall–Kier alpha value is -1.68. The van der Waals surface area contributed by atoms with Crippen molar-refractivity contribution >= 4 is 39.9 Å². The quantitative estimate of drug-likeness (QED) is 0.599. The summed E-state index contributed by atoms with van der Waals surface area (Å²) in [5.74, 6) is -0.0619. The third-order valence-electron chi connectivity index (χ3n) is 4.51. The number of carbonyl (C=O) groups is 2. The van der Waals surface area contributed by atoms with Crippen LogP contribution in [-0.4, -0.2) is 57.9 Å². The minimum Gasteiger partial charge on any atom is -0.341 e. The highest BCUT2D eigenvalue weighted by atomic mass is 35.5. The molecule has 2 amide bonds. The fourth-order valence-corrected chi connectivity index (χ4v) is 4.46. The second kappa shape index (κ2) is 10.8. The first-order valence-corrected chi connectivity index (χ1v) is 10.5. The summed E-state index contributed by atoms with van der Waals surface area (Å²) >= 11 is 0. The Bertz CT molecular complexity index is 768. The van der Waals surface area contributed by atoms with Gasteiger partial charge in [-0.3, -0.25) is 9.59 Å². The van der Waals surface area contributed by atoms with Crippen LogP contribution in [0.1, 0.15) is 26.7 Å². The second-order valence-corrected chi connectivity index (χ2v) is 8.61. The summed E-state index contributed by atoms with van der Waals surface area (Å²) in [6, 6.07) is 4.96. The molecule has 28 heavy (non-hydrogen) atoms. The third-order valence-corrected chi connectivity index (χ3v) is 6.07. The molecular formula is C18H29ClN4O4S. The van der Waals surface area contributed by atoms with Gasteiger partial charge in [-0.2, -0.15) is 4.72 Å². The molecule has 1 aromatic rings. The molecule has 158 valence electrons. The fraction of sp³-hybridized carbons (Fsp3) is 0.556. The standard InChI is InChI=1S/C18H28N4O4S.ClH/c1-13(18(24)22-10-4-5-15(12-22)11-19-3)21-27(25,26)17-8-6-16(7-9-17)20-14(2)23;/h6-9,13,15,19,21H,4-5,10-12H2,1-3H3,(H,20,23);1H. The van der Waals surface area contributed by atoms with Crippen molar-refractivity contribution in [2.24, 2.45) is 5.92 Å². The van der Waals surface area contributed by atoms with Crippen molar-refractivity contribution in [3.8, 4) is 0 Å². The van der Waals surface area contributed by atoms with E-state index in [0.29, 0.717) is 24.7 Å². The minimum atomic E-state index is -3.83. The molecule has 8 nitrogen and oxygen atoms in total. The van der Waals surface area contributed by atoms with Gasteiger partial charge < -0.3 is 15.5 Å². The van der Waals surface area contributed by atoms with E-state index < -0.39 is 16.1 Å². The molecule has 0 spiro atoms. The lowest BCUT2D eigenvalue weighted by atomic mass is 9.97. The summed E-state index contributed by atoms with van der Waals surface area (Å²) in [6.45, 7) is 5.06. The van der Waals surface area contributed by atoms with Gasteiger partial charge >= 0.3 is 0 Å². The number of rotatable bonds is 7. The Morgan fingerprint density at radius 2 is 1.89 bits per heavy atom. The number of hydrogen-bond donors (Lipinski definition) is 3. The van der Waals surface area contributed by atoms with Crippen LogP contribution in [0, 0.1) is 5.92 Å². The van der Waals surface area contributed by atoms with E-state index in [1.165, 1.54) is 31.2 Å². The predicted octanol–water partition coefficient (Wildman–Crippen LogP) is 1.19. The summed E-state index contributed by atoms with van der Waals surface area (Å²) in [7, 11) is -1.95. The maximum atomic E-state index is 12.7. The molecule has 0 bridgehead atoms. The number of halogens is 1. The number of likely N-dealkylation sites (tertiary alicyclic amines) is 1. The molecule has 1 heterocycles. The number of hydrogen-bond acceptors (Lipinski definition) is 5. The van der Waals surface area contributed by atoms with Gasteiger partial charge in [0.1, 0.15) is 0 Å². The minimum absolute atomic E-state index is 0. The zero-order valence-corrected chi connectivity index (χ0v) is 18.0. The van der Waals surface area contributed by atoms with Gasteiger partial charge in [0.25, 0.3) is 0 Å². The van der Waals surface area contributed by atoms with Crippen molar-refractivity contribution in [2.45, 2.75) is 37.6 Å². The van der Waals surface area contributed by atoms with Crippen LogP contribution in [0.5, 0.6) is 0 Å². The number of nitrogens with zero attached hydrogens (tertiary/aromatic N) is 1. The number of amides is 2. The third kappa shape index (κ3) is 6.73.